The van der Waals surface area contributed by atoms with Crippen molar-refractivity contribution in [2.75, 3.05) is 21.3 Å². The molecule has 31 heavy (non-hydrogen) atoms. The number of hydrogen-bond donors (Lipinski definition) is 4. The maximum absolute atomic E-state index is 10.7. The Bertz CT molecular complexity index is 613. The van der Waals surface area contributed by atoms with Crippen molar-refractivity contribution in [2.45, 2.75) is 45.8 Å². The Labute approximate surface area is 190 Å². The maximum Gasteiger partial charge on any atom is 0.656 e. The van der Waals surface area contributed by atoms with Crippen LogP contribution in [0.4, 0.5) is 0 Å². The highest BCUT2D eigenvalue weighted by atomic mass is 28.6. The van der Waals surface area contributed by atoms with Gasteiger partial charge in [-0.15, -0.1) is 0 Å². The first-order chi connectivity index (χ1) is 13.6. The van der Waals surface area contributed by atoms with Gasteiger partial charge in [0.2, 0.25) is 0 Å². The summed E-state index contributed by atoms with van der Waals surface area (Å²) in [6.07, 6.45) is 0. The molecule has 1 aliphatic rings. The first kappa shape index (κ1) is 30.0. The molecule has 0 spiro atoms. The fourth-order valence-corrected chi connectivity index (χ4v) is 26.9. The van der Waals surface area contributed by atoms with Crippen LogP contribution in [-0.2, 0) is 42.1 Å². The van der Waals surface area contributed by atoms with Gasteiger partial charge in [-0.2, -0.15) is 0 Å². The van der Waals surface area contributed by atoms with Crippen LogP contribution in [0.15, 0.2) is 0 Å². The fraction of sp³-hybridized carbons (Fsp3) is 1.00. The number of rotatable bonds is 9. The largest absolute Gasteiger partial charge is 0.656 e. The van der Waals surface area contributed by atoms with Crippen LogP contribution in [0.1, 0.15) is 0 Å². The van der Waals surface area contributed by atoms with Gasteiger partial charge in [0.15, 0.2) is 0 Å². The van der Waals surface area contributed by atoms with E-state index in [9.17, 15) is 19.2 Å². The monoisotopic (exact) mass is 574 g/mol. The molecule has 0 aromatic heterocycles. The third-order valence-corrected chi connectivity index (χ3v) is 25.5. The molecule has 0 aliphatic carbocycles. The Morgan fingerprint density at radius 2 is 1.19 bits per heavy atom. The molecule has 5 atom stereocenters. The van der Waals surface area contributed by atoms with Crippen LogP contribution >= 0.6 is 0 Å². The van der Waals surface area contributed by atoms with Crippen LogP contribution in [0.25, 0.3) is 0 Å². The highest BCUT2D eigenvalue weighted by Gasteiger charge is 2.68. The first-order valence-electron chi connectivity index (χ1n) is 9.09. The molecule has 0 aromatic carbocycles. The minimum absolute atomic E-state index is 1.21. The molecule has 0 radical (unpaired) electrons. The normalized spacial score (nSPS) is 37.7. The van der Waals surface area contributed by atoms with Crippen molar-refractivity contribution in [3.63, 3.8) is 0 Å². The second-order valence-corrected chi connectivity index (χ2v) is 27.4. The molecule has 0 amide bonds. The van der Waals surface area contributed by atoms with E-state index in [2.05, 4.69) is 0 Å². The van der Waals surface area contributed by atoms with Crippen LogP contribution in [0.5, 0.6) is 0 Å². The zero-order valence-corrected chi connectivity index (χ0v) is 26.4. The predicted octanol–water partition coefficient (Wildman–Crippen LogP) is -0.994. The Morgan fingerprint density at radius 1 is 0.710 bits per heavy atom. The maximum atomic E-state index is 10.7. The first-order valence-corrected chi connectivity index (χ1v) is 24.8. The van der Waals surface area contributed by atoms with Crippen molar-refractivity contribution < 1.29 is 61.3 Å². The van der Waals surface area contributed by atoms with Crippen molar-refractivity contribution in [1.82, 2.24) is 0 Å². The van der Waals surface area contributed by atoms with Crippen molar-refractivity contribution in [3.8, 4) is 0 Å². The SMILES string of the molecule is CO[Si](C)(OC)O[Si]1(OC)O[Si](C)(O)O[Si](C)(O)O[Si](C)(O[Si](C)(O)O[Si](C)(C)O)O1. The molecule has 14 nitrogen and oxygen atoms in total. The molecular weight excluding hydrogens is 541 g/mol. The zero-order chi connectivity index (χ0) is 24.6. The van der Waals surface area contributed by atoms with E-state index in [4.69, 9.17) is 42.1 Å². The molecule has 1 aliphatic heterocycles. The summed E-state index contributed by atoms with van der Waals surface area (Å²) in [6, 6.07) is 0. The van der Waals surface area contributed by atoms with E-state index >= 15 is 0 Å². The Kier molecular flexibility index (Phi) is 9.58. The average molecular weight is 575 g/mol. The van der Waals surface area contributed by atoms with Gasteiger partial charge in [-0.25, -0.2) is 0 Å². The summed E-state index contributed by atoms with van der Waals surface area (Å²) in [5, 5.41) is 0. The molecule has 1 fully saturated rings. The van der Waals surface area contributed by atoms with Crippen LogP contribution < -0.4 is 0 Å². The highest BCUT2D eigenvalue weighted by Crippen LogP contribution is 2.33. The molecule has 186 valence electrons. The molecular formula is C10H34O14Si7. The van der Waals surface area contributed by atoms with Gasteiger partial charge >= 0.3 is 61.6 Å². The van der Waals surface area contributed by atoms with Crippen molar-refractivity contribution in [3.05, 3.63) is 0 Å². The van der Waals surface area contributed by atoms with E-state index in [1.807, 2.05) is 0 Å². The van der Waals surface area contributed by atoms with Crippen LogP contribution in [0.3, 0.4) is 0 Å². The summed E-state index contributed by atoms with van der Waals surface area (Å²) in [6.45, 7) is 9.45. The second kappa shape index (κ2) is 9.91. The van der Waals surface area contributed by atoms with Gasteiger partial charge < -0.3 is 61.3 Å². The van der Waals surface area contributed by atoms with E-state index < -0.39 is 61.6 Å². The quantitative estimate of drug-likeness (QED) is 0.247. The van der Waals surface area contributed by atoms with Gasteiger partial charge in [0.1, 0.15) is 0 Å². The van der Waals surface area contributed by atoms with Crippen molar-refractivity contribution in [2.24, 2.45) is 0 Å². The van der Waals surface area contributed by atoms with E-state index in [0.717, 1.165) is 0 Å². The topological polar surface area (TPSA) is 173 Å². The van der Waals surface area contributed by atoms with E-state index in [1.165, 1.54) is 67.2 Å². The lowest BCUT2D eigenvalue weighted by molar-refractivity contribution is 0.00466. The van der Waals surface area contributed by atoms with Gasteiger partial charge in [-0.1, -0.05) is 0 Å². The molecule has 0 saturated carbocycles. The summed E-state index contributed by atoms with van der Waals surface area (Å²) in [4.78, 5) is 42.1. The Morgan fingerprint density at radius 3 is 1.61 bits per heavy atom. The zero-order valence-electron chi connectivity index (χ0n) is 19.4. The summed E-state index contributed by atoms with van der Waals surface area (Å²) in [7, 11) is -23.5. The van der Waals surface area contributed by atoms with E-state index in [1.54, 1.807) is 0 Å². The van der Waals surface area contributed by atoms with Crippen molar-refractivity contribution >= 4 is 61.6 Å². The average Bonchev–Trinajstić information content (AvgIpc) is 2.47. The summed E-state index contributed by atoms with van der Waals surface area (Å²) < 4.78 is 55.8. The van der Waals surface area contributed by atoms with Gasteiger partial charge in [0.25, 0.3) is 0 Å². The summed E-state index contributed by atoms with van der Waals surface area (Å²) in [5.41, 5.74) is 0. The van der Waals surface area contributed by atoms with Crippen molar-refractivity contribution in [1.29, 1.82) is 0 Å². The summed E-state index contributed by atoms with van der Waals surface area (Å²) in [5.74, 6) is 0. The highest BCUT2D eigenvalue weighted by molar-refractivity contribution is 6.90. The lowest BCUT2D eigenvalue weighted by Crippen LogP contribution is -2.74. The molecule has 1 rings (SSSR count). The Balaban J connectivity index is 3.45. The Hall–Kier alpha value is 0.958. The van der Waals surface area contributed by atoms with E-state index in [-0.39, 0.29) is 0 Å². The third kappa shape index (κ3) is 9.62. The third-order valence-electron chi connectivity index (χ3n) is 3.49. The molecule has 21 heteroatoms. The van der Waals surface area contributed by atoms with E-state index in [0.29, 0.717) is 0 Å². The van der Waals surface area contributed by atoms with Crippen LogP contribution in [0.2, 0.25) is 45.8 Å². The molecule has 1 saturated heterocycles. The lowest BCUT2D eigenvalue weighted by Gasteiger charge is -2.46. The van der Waals surface area contributed by atoms with Crippen LogP contribution in [0, 0.1) is 0 Å². The fourth-order valence-electron chi connectivity index (χ4n) is 2.67. The molecule has 1 heterocycles. The lowest BCUT2D eigenvalue weighted by atomic mass is 11.8. The van der Waals surface area contributed by atoms with Crippen LogP contribution in [-0.4, -0.2) is 102 Å². The van der Waals surface area contributed by atoms with Gasteiger partial charge in [-0.3, -0.25) is 0 Å². The smallest absolute Gasteiger partial charge is 0.411 e. The van der Waals surface area contributed by atoms with Gasteiger partial charge in [0, 0.05) is 54.1 Å². The minimum Gasteiger partial charge on any atom is -0.411 e. The molecule has 0 aromatic rings. The second-order valence-electron chi connectivity index (χ2n) is 7.69. The predicted molar refractivity (Wildman–Crippen MR) is 119 cm³/mol. The molecule has 0 bridgehead atoms. The molecule has 4 N–H and O–H groups in total. The number of hydrogen-bond acceptors (Lipinski definition) is 14. The minimum atomic E-state index is -4.38. The summed E-state index contributed by atoms with van der Waals surface area (Å²) >= 11 is 0. The van der Waals surface area contributed by atoms with Gasteiger partial charge in [-0.05, 0) is 13.1 Å². The van der Waals surface area contributed by atoms with Gasteiger partial charge in [0.05, 0.1) is 0 Å². The molecule has 5 unspecified atom stereocenters. The standard InChI is InChI=1S/C10H34O14Si7/c1-15-29(9,16-2)23-31(17-3)22-28(8,14)19-27(7,13)21-30(10,24-31)20-26(6,12)18-25(4,5)11/h11-14H,1-10H3.